The molecule has 8 nitrogen and oxygen atoms in total. The number of ether oxygens (including phenoxy) is 1. The SMILES string of the molecule is CNC(=O)Cn1cnc2c(Oc3ccc(F)cc3F)c(-c3cn(C)c(=O)c4[nH]ccc34)ccc21. The van der Waals surface area contributed by atoms with Crippen LogP contribution in [0.1, 0.15) is 0 Å². The van der Waals surface area contributed by atoms with Crippen molar-refractivity contribution in [3.8, 4) is 22.6 Å². The number of carbonyl (C=O) groups excluding carboxylic acids is 1. The first-order valence-electron chi connectivity index (χ1n) is 10.4. The first-order valence-corrected chi connectivity index (χ1v) is 10.4. The molecule has 34 heavy (non-hydrogen) atoms. The molecule has 5 aromatic rings. The molecule has 1 amide bonds. The number of fused-ring (bicyclic) bond motifs is 2. The molecule has 0 saturated carbocycles. The van der Waals surface area contributed by atoms with Gasteiger partial charge in [-0.3, -0.25) is 9.59 Å². The average molecular weight is 463 g/mol. The Morgan fingerprint density at radius 1 is 1.18 bits per heavy atom. The van der Waals surface area contributed by atoms with Crippen LogP contribution in [-0.4, -0.2) is 32.1 Å². The van der Waals surface area contributed by atoms with Crippen LogP contribution in [0.2, 0.25) is 0 Å². The van der Waals surface area contributed by atoms with Crippen LogP contribution in [0.5, 0.6) is 11.5 Å². The zero-order valence-corrected chi connectivity index (χ0v) is 18.2. The molecular weight excluding hydrogens is 444 g/mol. The van der Waals surface area contributed by atoms with Crippen LogP contribution < -0.4 is 15.6 Å². The number of nitrogens with zero attached hydrogens (tertiary/aromatic N) is 3. The van der Waals surface area contributed by atoms with Crippen molar-refractivity contribution in [2.45, 2.75) is 6.54 Å². The molecule has 0 radical (unpaired) electrons. The van der Waals surface area contributed by atoms with Crippen molar-refractivity contribution in [3.05, 3.63) is 77.1 Å². The van der Waals surface area contributed by atoms with Crippen LogP contribution in [0, 0.1) is 11.6 Å². The molecule has 3 aromatic heterocycles. The average Bonchev–Trinajstić information content (AvgIpc) is 3.46. The number of imidazole rings is 1. The Hall–Kier alpha value is -4.47. The van der Waals surface area contributed by atoms with Crippen LogP contribution in [0.4, 0.5) is 8.78 Å². The minimum absolute atomic E-state index is 0.0264. The molecule has 0 bridgehead atoms. The maximum absolute atomic E-state index is 14.5. The van der Waals surface area contributed by atoms with Crippen LogP contribution in [0.25, 0.3) is 33.1 Å². The van der Waals surface area contributed by atoms with Crippen molar-refractivity contribution in [2.24, 2.45) is 7.05 Å². The number of carbonyl (C=O) groups is 1. The molecule has 0 spiro atoms. The van der Waals surface area contributed by atoms with Crippen LogP contribution >= 0.6 is 0 Å². The summed E-state index contributed by atoms with van der Waals surface area (Å²) >= 11 is 0. The number of aryl methyl sites for hydroxylation is 1. The Bertz CT molecular complexity index is 1630. The molecule has 0 unspecified atom stereocenters. The third-order valence-corrected chi connectivity index (χ3v) is 5.63. The molecule has 0 fully saturated rings. The van der Waals surface area contributed by atoms with Crippen molar-refractivity contribution < 1.29 is 18.3 Å². The highest BCUT2D eigenvalue weighted by molar-refractivity contribution is 6.00. The van der Waals surface area contributed by atoms with Gasteiger partial charge in [0.1, 0.15) is 23.4 Å². The monoisotopic (exact) mass is 463 g/mol. The maximum Gasteiger partial charge on any atom is 0.274 e. The minimum Gasteiger partial charge on any atom is -0.451 e. The highest BCUT2D eigenvalue weighted by Crippen LogP contribution is 2.41. The Morgan fingerprint density at radius 2 is 2.00 bits per heavy atom. The Balaban J connectivity index is 1.78. The van der Waals surface area contributed by atoms with Crippen molar-refractivity contribution in [1.82, 2.24) is 24.4 Å². The van der Waals surface area contributed by atoms with Gasteiger partial charge in [0.2, 0.25) is 5.91 Å². The predicted molar refractivity (Wildman–Crippen MR) is 123 cm³/mol. The van der Waals surface area contributed by atoms with Crippen molar-refractivity contribution in [2.75, 3.05) is 7.05 Å². The largest absolute Gasteiger partial charge is 0.451 e. The summed E-state index contributed by atoms with van der Waals surface area (Å²) in [5, 5.41) is 3.21. The quantitative estimate of drug-likeness (QED) is 0.416. The number of aromatic amines is 1. The second-order valence-corrected chi connectivity index (χ2v) is 7.76. The summed E-state index contributed by atoms with van der Waals surface area (Å²) in [4.78, 5) is 31.9. The fourth-order valence-corrected chi connectivity index (χ4v) is 3.93. The number of rotatable bonds is 5. The van der Waals surface area contributed by atoms with Gasteiger partial charge >= 0.3 is 0 Å². The van der Waals surface area contributed by atoms with E-state index in [2.05, 4.69) is 15.3 Å². The highest BCUT2D eigenvalue weighted by atomic mass is 19.1. The molecule has 0 aliphatic heterocycles. The van der Waals surface area contributed by atoms with E-state index in [1.807, 2.05) is 0 Å². The van der Waals surface area contributed by atoms with E-state index < -0.39 is 11.6 Å². The second kappa shape index (κ2) is 8.14. The molecule has 172 valence electrons. The standard InChI is InChI=1S/C24H19F2N5O3/c1-27-20(32)11-31-12-29-22-18(31)5-4-15(23(22)34-19-6-3-13(25)9-17(19)26)16-10-30(2)24(33)21-14(16)7-8-28-21/h3-10,12,28H,11H2,1-2H3,(H,27,32). The lowest BCUT2D eigenvalue weighted by Crippen LogP contribution is -2.23. The smallest absolute Gasteiger partial charge is 0.274 e. The summed E-state index contributed by atoms with van der Waals surface area (Å²) < 4.78 is 37.1. The lowest BCUT2D eigenvalue weighted by atomic mass is 10.0. The van der Waals surface area contributed by atoms with Gasteiger partial charge in [0, 0.05) is 49.1 Å². The fraction of sp³-hybridized carbons (Fsp3) is 0.125. The summed E-state index contributed by atoms with van der Waals surface area (Å²) in [5.74, 6) is -1.81. The number of aromatic nitrogens is 4. The van der Waals surface area contributed by atoms with Crippen molar-refractivity contribution >= 4 is 27.8 Å². The first kappa shape index (κ1) is 21.4. The number of hydrogen-bond donors (Lipinski definition) is 2. The van der Waals surface area contributed by atoms with E-state index in [1.165, 1.54) is 24.0 Å². The molecule has 0 atom stereocenters. The number of halogens is 2. The zero-order valence-electron chi connectivity index (χ0n) is 18.2. The molecule has 3 heterocycles. The number of nitrogens with one attached hydrogen (secondary N) is 2. The van der Waals surface area contributed by atoms with Gasteiger partial charge in [0.15, 0.2) is 17.3 Å². The molecule has 0 aliphatic rings. The number of hydrogen-bond acceptors (Lipinski definition) is 4. The first-order chi connectivity index (χ1) is 16.4. The third-order valence-electron chi connectivity index (χ3n) is 5.63. The van der Waals surface area contributed by atoms with E-state index in [-0.39, 0.29) is 29.5 Å². The lowest BCUT2D eigenvalue weighted by Gasteiger charge is -2.15. The number of benzene rings is 2. The fourth-order valence-electron chi connectivity index (χ4n) is 3.93. The highest BCUT2D eigenvalue weighted by Gasteiger charge is 2.21. The number of pyridine rings is 1. The van der Waals surface area contributed by atoms with E-state index in [1.54, 1.807) is 42.2 Å². The summed E-state index contributed by atoms with van der Waals surface area (Å²) in [7, 11) is 3.16. The minimum atomic E-state index is -0.875. The second-order valence-electron chi connectivity index (χ2n) is 7.76. The van der Waals surface area contributed by atoms with E-state index in [0.717, 1.165) is 12.1 Å². The summed E-state index contributed by atoms with van der Waals surface area (Å²) in [5.41, 5.74) is 2.36. The molecule has 0 saturated heterocycles. The van der Waals surface area contributed by atoms with Gasteiger partial charge in [-0.15, -0.1) is 0 Å². The topological polar surface area (TPSA) is 93.9 Å². The van der Waals surface area contributed by atoms with Crippen molar-refractivity contribution in [3.63, 3.8) is 0 Å². The molecule has 10 heteroatoms. The summed E-state index contributed by atoms with van der Waals surface area (Å²) in [6.07, 6.45) is 4.81. The number of H-pyrrole nitrogens is 1. The van der Waals surface area contributed by atoms with Gasteiger partial charge in [0.05, 0.1) is 11.8 Å². The van der Waals surface area contributed by atoms with Crippen LogP contribution in [0.3, 0.4) is 0 Å². The Kier molecular flexibility index (Phi) is 5.12. The van der Waals surface area contributed by atoms with Gasteiger partial charge < -0.3 is 24.2 Å². The van der Waals surface area contributed by atoms with E-state index in [4.69, 9.17) is 4.74 Å². The number of likely N-dealkylation sites (N-methyl/N-ethyl adjacent to an activating group) is 1. The van der Waals surface area contributed by atoms with Crippen molar-refractivity contribution in [1.29, 1.82) is 0 Å². The normalized spacial score (nSPS) is 11.3. The molecule has 5 rings (SSSR count). The Labute approximate surface area is 191 Å². The number of amides is 1. The summed E-state index contributed by atoms with van der Waals surface area (Å²) in [6, 6.07) is 8.32. The molecular formula is C24H19F2N5O3. The molecule has 2 N–H and O–H groups in total. The van der Waals surface area contributed by atoms with E-state index >= 15 is 0 Å². The van der Waals surface area contributed by atoms with Gasteiger partial charge in [-0.25, -0.2) is 13.8 Å². The van der Waals surface area contributed by atoms with Crippen LogP contribution in [-0.2, 0) is 18.4 Å². The maximum atomic E-state index is 14.5. The lowest BCUT2D eigenvalue weighted by molar-refractivity contribution is -0.121. The van der Waals surface area contributed by atoms with Gasteiger partial charge in [-0.05, 0) is 30.3 Å². The third kappa shape index (κ3) is 3.49. The Morgan fingerprint density at radius 3 is 2.76 bits per heavy atom. The molecule has 2 aromatic carbocycles. The van der Waals surface area contributed by atoms with Gasteiger partial charge in [-0.1, -0.05) is 0 Å². The van der Waals surface area contributed by atoms with Gasteiger partial charge in [-0.2, -0.15) is 0 Å². The predicted octanol–water partition coefficient (Wildman–Crippen LogP) is 3.70. The summed E-state index contributed by atoms with van der Waals surface area (Å²) in [6.45, 7) is 0.0264. The zero-order chi connectivity index (χ0) is 24.0. The van der Waals surface area contributed by atoms with E-state index in [9.17, 15) is 18.4 Å². The van der Waals surface area contributed by atoms with Crippen LogP contribution in [0.15, 0.2) is 59.9 Å². The van der Waals surface area contributed by atoms with Gasteiger partial charge in [0.25, 0.3) is 5.56 Å². The molecule has 0 aliphatic carbocycles. The van der Waals surface area contributed by atoms with E-state index in [0.29, 0.717) is 33.1 Å².